The molecule has 1 heteroatoms. The van der Waals surface area contributed by atoms with Crippen molar-refractivity contribution in [3.8, 4) is 33.4 Å². The fourth-order valence-electron chi connectivity index (χ4n) is 5.56. The van der Waals surface area contributed by atoms with Crippen molar-refractivity contribution in [2.45, 2.75) is 32.1 Å². The number of fused-ring (bicyclic) bond motifs is 6. The van der Waals surface area contributed by atoms with E-state index in [2.05, 4.69) is 98.8 Å². The van der Waals surface area contributed by atoms with Crippen molar-refractivity contribution in [1.29, 1.82) is 0 Å². The molecule has 0 saturated heterocycles. The predicted octanol–water partition coefficient (Wildman–Crippen LogP) is 7.46. The van der Waals surface area contributed by atoms with Gasteiger partial charge in [-0.3, -0.25) is 4.79 Å². The molecular formula is C30H24O. The van der Waals surface area contributed by atoms with Crippen LogP contribution in [0.5, 0.6) is 0 Å². The third-order valence-corrected chi connectivity index (χ3v) is 7.17. The Kier molecular flexibility index (Phi) is 3.86. The third-order valence-electron chi connectivity index (χ3n) is 7.17. The lowest BCUT2D eigenvalue weighted by atomic mass is 9.82. The van der Waals surface area contributed by atoms with Gasteiger partial charge >= 0.3 is 0 Å². The minimum absolute atomic E-state index is 0.0254. The number of carbonyl (C=O) groups is 1. The molecular weight excluding hydrogens is 376 g/mol. The number of carbonyl (C=O) groups excluding carboxylic acids is 1. The molecule has 0 radical (unpaired) electrons. The molecule has 0 unspecified atom stereocenters. The molecule has 0 saturated carbocycles. The van der Waals surface area contributed by atoms with Gasteiger partial charge < -0.3 is 0 Å². The molecule has 31 heavy (non-hydrogen) atoms. The van der Waals surface area contributed by atoms with E-state index in [1.54, 1.807) is 0 Å². The average Bonchev–Trinajstić information content (AvgIpc) is 2.95. The van der Waals surface area contributed by atoms with Gasteiger partial charge in [0.15, 0.2) is 5.78 Å². The van der Waals surface area contributed by atoms with E-state index < -0.39 is 0 Å². The van der Waals surface area contributed by atoms with Gasteiger partial charge in [0.25, 0.3) is 0 Å². The molecule has 1 nitrogen and oxygen atoms in total. The normalized spacial score (nSPS) is 15.5. The molecule has 0 N–H and O–H groups in total. The van der Waals surface area contributed by atoms with Crippen LogP contribution in [0.4, 0.5) is 0 Å². The van der Waals surface area contributed by atoms with Crippen molar-refractivity contribution in [2.24, 2.45) is 0 Å². The average molecular weight is 401 g/mol. The van der Waals surface area contributed by atoms with Crippen molar-refractivity contribution in [3.63, 3.8) is 0 Å². The summed E-state index contributed by atoms with van der Waals surface area (Å²) in [7, 11) is 0. The summed E-state index contributed by atoms with van der Waals surface area (Å²) in [6.45, 7) is 4.61. The summed E-state index contributed by atoms with van der Waals surface area (Å²) < 4.78 is 0. The molecule has 0 heterocycles. The molecule has 150 valence electrons. The number of hydrogen-bond acceptors (Lipinski definition) is 1. The van der Waals surface area contributed by atoms with Crippen LogP contribution in [0.1, 0.15) is 47.3 Å². The molecule has 2 aliphatic rings. The van der Waals surface area contributed by atoms with E-state index in [1.165, 1.54) is 38.9 Å². The Morgan fingerprint density at radius 3 is 2.19 bits per heavy atom. The Labute approximate surface area is 183 Å². The fraction of sp³-hybridized carbons (Fsp3) is 0.167. The van der Waals surface area contributed by atoms with Crippen LogP contribution in [0.15, 0.2) is 84.9 Å². The van der Waals surface area contributed by atoms with Gasteiger partial charge in [-0.2, -0.15) is 0 Å². The maximum Gasteiger partial charge on any atom is 0.163 e. The second-order valence-electron chi connectivity index (χ2n) is 9.24. The summed E-state index contributed by atoms with van der Waals surface area (Å²) in [6, 6.07) is 30.2. The summed E-state index contributed by atoms with van der Waals surface area (Å²) >= 11 is 0. The number of rotatable bonds is 1. The summed E-state index contributed by atoms with van der Waals surface area (Å²) in [5, 5.41) is 0. The summed E-state index contributed by atoms with van der Waals surface area (Å²) in [6.07, 6.45) is 1.37. The highest BCUT2D eigenvalue weighted by Gasteiger charge is 2.36. The maximum absolute atomic E-state index is 13.1. The molecule has 0 amide bonds. The highest BCUT2D eigenvalue weighted by atomic mass is 16.1. The Hall–Kier alpha value is -3.45. The van der Waals surface area contributed by atoms with Crippen LogP contribution in [-0.2, 0) is 11.8 Å². The van der Waals surface area contributed by atoms with Crippen molar-refractivity contribution in [2.75, 3.05) is 0 Å². The topological polar surface area (TPSA) is 17.1 Å². The molecule has 4 aromatic rings. The van der Waals surface area contributed by atoms with E-state index in [-0.39, 0.29) is 11.2 Å². The molecule has 4 aromatic carbocycles. The van der Waals surface area contributed by atoms with E-state index >= 15 is 0 Å². The highest BCUT2D eigenvalue weighted by Crippen LogP contribution is 2.52. The van der Waals surface area contributed by atoms with Gasteiger partial charge in [-0.1, -0.05) is 92.7 Å². The standard InChI is InChI=1S/C30H24O/c1-30(2)26-12-6-5-10-24(26)29-22(11-7-13-27(29)30)20-14-16-23-21-9-4-3-8-19(21)15-17-28(31)25(23)18-20/h3-14,16,18H,15,17H2,1-2H3. The highest BCUT2D eigenvalue weighted by molar-refractivity contribution is 6.05. The second kappa shape index (κ2) is 6.52. The quantitative estimate of drug-likeness (QED) is 0.324. The van der Waals surface area contributed by atoms with Crippen LogP contribution in [-0.4, -0.2) is 5.78 Å². The van der Waals surface area contributed by atoms with E-state index in [1.807, 2.05) is 0 Å². The number of aryl methyl sites for hydroxylation is 1. The van der Waals surface area contributed by atoms with E-state index in [0.717, 1.165) is 23.1 Å². The molecule has 6 rings (SSSR count). The van der Waals surface area contributed by atoms with Gasteiger partial charge in [-0.05, 0) is 62.6 Å². The number of benzene rings is 4. The molecule has 0 atom stereocenters. The van der Waals surface area contributed by atoms with Crippen LogP contribution in [0.2, 0.25) is 0 Å². The van der Waals surface area contributed by atoms with Crippen molar-refractivity contribution in [3.05, 3.63) is 107 Å². The molecule has 0 bridgehead atoms. The van der Waals surface area contributed by atoms with Gasteiger partial charge in [0, 0.05) is 17.4 Å². The zero-order valence-electron chi connectivity index (χ0n) is 17.9. The van der Waals surface area contributed by atoms with Crippen LogP contribution >= 0.6 is 0 Å². The zero-order valence-corrected chi connectivity index (χ0v) is 17.9. The van der Waals surface area contributed by atoms with E-state index in [9.17, 15) is 4.79 Å². The first-order valence-electron chi connectivity index (χ1n) is 11.0. The second-order valence-corrected chi connectivity index (χ2v) is 9.24. The smallest absolute Gasteiger partial charge is 0.163 e. The Morgan fingerprint density at radius 2 is 1.32 bits per heavy atom. The van der Waals surface area contributed by atoms with Gasteiger partial charge in [-0.25, -0.2) is 0 Å². The minimum atomic E-state index is -0.0254. The maximum atomic E-state index is 13.1. The van der Waals surface area contributed by atoms with Gasteiger partial charge in [-0.15, -0.1) is 0 Å². The minimum Gasteiger partial charge on any atom is -0.294 e. The molecule has 0 spiro atoms. The molecule has 0 aromatic heterocycles. The van der Waals surface area contributed by atoms with Crippen LogP contribution in [0, 0.1) is 0 Å². The van der Waals surface area contributed by atoms with Crippen molar-refractivity contribution < 1.29 is 4.79 Å². The first kappa shape index (κ1) is 18.3. The first-order valence-corrected chi connectivity index (χ1v) is 11.0. The molecule has 2 aliphatic carbocycles. The summed E-state index contributed by atoms with van der Waals surface area (Å²) in [5.74, 6) is 0.237. The lowest BCUT2D eigenvalue weighted by Crippen LogP contribution is -2.14. The van der Waals surface area contributed by atoms with Crippen LogP contribution in [0.3, 0.4) is 0 Å². The number of hydrogen-bond donors (Lipinski definition) is 0. The van der Waals surface area contributed by atoms with E-state index in [4.69, 9.17) is 0 Å². The summed E-state index contributed by atoms with van der Waals surface area (Å²) in [4.78, 5) is 13.1. The number of ketones is 1. The monoisotopic (exact) mass is 400 g/mol. The zero-order chi connectivity index (χ0) is 21.2. The number of Topliss-reactive ketones (excluding diaryl/α,β-unsaturated/α-hetero) is 1. The van der Waals surface area contributed by atoms with Gasteiger partial charge in [0.05, 0.1) is 0 Å². The fourth-order valence-corrected chi connectivity index (χ4v) is 5.56. The summed E-state index contributed by atoms with van der Waals surface area (Å²) in [5.41, 5.74) is 12.0. The van der Waals surface area contributed by atoms with Crippen molar-refractivity contribution >= 4 is 5.78 Å². The van der Waals surface area contributed by atoms with Gasteiger partial charge in [0.2, 0.25) is 0 Å². The SMILES string of the molecule is CC1(C)c2ccccc2-c2c(-c3ccc4c(c3)C(=O)CCc3ccccc3-4)cccc21. The van der Waals surface area contributed by atoms with Gasteiger partial charge in [0.1, 0.15) is 0 Å². The molecule has 0 fully saturated rings. The Bertz CT molecular complexity index is 1370. The van der Waals surface area contributed by atoms with Crippen LogP contribution < -0.4 is 0 Å². The third kappa shape index (κ3) is 2.59. The van der Waals surface area contributed by atoms with E-state index in [0.29, 0.717) is 6.42 Å². The first-order chi connectivity index (χ1) is 15.1. The van der Waals surface area contributed by atoms with Crippen LogP contribution in [0.25, 0.3) is 33.4 Å². The Morgan fingerprint density at radius 1 is 0.613 bits per heavy atom. The Balaban J connectivity index is 1.59. The lowest BCUT2D eigenvalue weighted by molar-refractivity contribution is 0.0984. The lowest BCUT2D eigenvalue weighted by Gasteiger charge is -2.21. The largest absolute Gasteiger partial charge is 0.294 e. The van der Waals surface area contributed by atoms with Crippen molar-refractivity contribution in [1.82, 2.24) is 0 Å². The predicted molar refractivity (Wildman–Crippen MR) is 128 cm³/mol. The molecule has 0 aliphatic heterocycles.